The Hall–Kier alpha value is -2.60. The second-order valence-electron chi connectivity index (χ2n) is 6.82. The van der Waals surface area contributed by atoms with Crippen LogP contribution in [0.4, 0.5) is 0 Å². The average Bonchev–Trinajstić information content (AvgIpc) is 2.74. The predicted octanol–water partition coefficient (Wildman–Crippen LogP) is 1.60. The molecule has 1 fully saturated rings. The van der Waals surface area contributed by atoms with E-state index in [9.17, 15) is 18.0 Å². The minimum atomic E-state index is -3.57. The summed E-state index contributed by atoms with van der Waals surface area (Å²) in [6, 6.07) is 12.8. The Morgan fingerprint density at radius 2 is 1.71 bits per heavy atom. The van der Waals surface area contributed by atoms with Crippen LogP contribution in [-0.2, 0) is 14.8 Å². The van der Waals surface area contributed by atoms with Gasteiger partial charge >= 0.3 is 5.97 Å². The number of aromatic carboxylic acids is 1. The second-order valence-corrected chi connectivity index (χ2v) is 9.67. The summed E-state index contributed by atoms with van der Waals surface area (Å²) in [5.41, 5.74) is 2.84. The van der Waals surface area contributed by atoms with Crippen LogP contribution in [0.2, 0.25) is 0 Å². The number of nitrogens with zero attached hydrogens (tertiary/aromatic N) is 3. The molecule has 0 aliphatic carbocycles. The Morgan fingerprint density at radius 3 is 2.35 bits per heavy atom. The Morgan fingerprint density at radius 1 is 1.06 bits per heavy atom. The quantitative estimate of drug-likeness (QED) is 0.433. The summed E-state index contributed by atoms with van der Waals surface area (Å²) in [5, 5.41) is 13.0. The molecule has 1 saturated heterocycles. The van der Waals surface area contributed by atoms with Gasteiger partial charge in [0.05, 0.1) is 23.2 Å². The first-order valence-corrected chi connectivity index (χ1v) is 11.6. The number of piperazine rings is 1. The van der Waals surface area contributed by atoms with E-state index >= 15 is 0 Å². The van der Waals surface area contributed by atoms with Crippen LogP contribution in [-0.4, -0.2) is 73.5 Å². The predicted molar refractivity (Wildman–Crippen MR) is 118 cm³/mol. The highest BCUT2D eigenvalue weighted by Crippen LogP contribution is 2.20. The van der Waals surface area contributed by atoms with Gasteiger partial charge in [-0.25, -0.2) is 18.6 Å². The number of carbonyl (C=O) groups is 2. The summed E-state index contributed by atoms with van der Waals surface area (Å²) >= 11 is 3.29. The second kappa shape index (κ2) is 10.1. The Labute approximate surface area is 188 Å². The number of amides is 1. The minimum Gasteiger partial charge on any atom is -0.478 e. The molecule has 3 rings (SSSR count). The number of carboxylic acid groups (broad SMARTS) is 1. The minimum absolute atomic E-state index is 0.0596. The number of hydrogen-bond donors (Lipinski definition) is 2. The maximum atomic E-state index is 12.7. The topological polar surface area (TPSA) is 119 Å². The van der Waals surface area contributed by atoms with Crippen LogP contribution in [0.15, 0.2) is 63.0 Å². The molecular weight excluding hydrogens is 488 g/mol. The zero-order chi connectivity index (χ0) is 22.4. The van der Waals surface area contributed by atoms with E-state index in [1.54, 1.807) is 42.5 Å². The highest BCUT2D eigenvalue weighted by molar-refractivity contribution is 9.10. The third-order valence-corrected chi connectivity index (χ3v) is 7.18. The van der Waals surface area contributed by atoms with Gasteiger partial charge in [0.2, 0.25) is 10.0 Å². The Balaban J connectivity index is 1.50. The van der Waals surface area contributed by atoms with E-state index in [-0.39, 0.29) is 36.0 Å². The van der Waals surface area contributed by atoms with Crippen molar-refractivity contribution in [2.24, 2.45) is 5.10 Å². The summed E-state index contributed by atoms with van der Waals surface area (Å²) in [6.45, 7) is 1.44. The molecule has 0 atom stereocenters. The van der Waals surface area contributed by atoms with Crippen molar-refractivity contribution in [2.45, 2.75) is 4.90 Å². The number of carbonyl (C=O) groups excluding carboxylic acids is 1. The third-order valence-electron chi connectivity index (χ3n) is 4.73. The molecule has 2 N–H and O–H groups in total. The van der Waals surface area contributed by atoms with Crippen molar-refractivity contribution < 1.29 is 23.1 Å². The monoisotopic (exact) mass is 508 g/mol. The Kier molecular flexibility index (Phi) is 7.55. The van der Waals surface area contributed by atoms with Crippen molar-refractivity contribution in [3.63, 3.8) is 0 Å². The lowest BCUT2D eigenvalue weighted by Crippen LogP contribution is -2.50. The van der Waals surface area contributed by atoms with Crippen LogP contribution in [0, 0.1) is 0 Å². The van der Waals surface area contributed by atoms with Gasteiger partial charge in [0.15, 0.2) is 0 Å². The molecule has 0 saturated carbocycles. The van der Waals surface area contributed by atoms with Crippen molar-refractivity contribution in [1.82, 2.24) is 14.6 Å². The first-order valence-electron chi connectivity index (χ1n) is 9.39. The van der Waals surface area contributed by atoms with Crippen molar-refractivity contribution >= 4 is 44.0 Å². The number of hydrazone groups is 1. The largest absolute Gasteiger partial charge is 0.478 e. The molecule has 1 heterocycles. The van der Waals surface area contributed by atoms with Crippen LogP contribution in [0.3, 0.4) is 0 Å². The van der Waals surface area contributed by atoms with Gasteiger partial charge in [-0.3, -0.25) is 9.69 Å². The Bertz CT molecular complexity index is 1080. The molecule has 1 aliphatic rings. The summed E-state index contributed by atoms with van der Waals surface area (Å²) in [4.78, 5) is 25.4. The fourth-order valence-corrected chi connectivity index (χ4v) is 4.79. The maximum absolute atomic E-state index is 12.7. The van der Waals surface area contributed by atoms with Crippen molar-refractivity contribution in [1.29, 1.82) is 0 Å². The molecule has 1 aliphatic heterocycles. The summed E-state index contributed by atoms with van der Waals surface area (Å²) in [6.07, 6.45) is 1.28. The summed E-state index contributed by atoms with van der Waals surface area (Å²) in [7, 11) is -3.57. The van der Waals surface area contributed by atoms with Crippen molar-refractivity contribution in [2.75, 3.05) is 32.7 Å². The smallest absolute Gasteiger partial charge is 0.336 e. The van der Waals surface area contributed by atoms with Gasteiger partial charge in [-0.05, 0) is 30.3 Å². The number of rotatable bonds is 7. The molecular formula is C20H21BrN4O5S. The van der Waals surface area contributed by atoms with Crippen LogP contribution >= 0.6 is 15.9 Å². The van der Waals surface area contributed by atoms with Gasteiger partial charge in [0.25, 0.3) is 5.91 Å². The maximum Gasteiger partial charge on any atom is 0.336 e. The first kappa shape index (κ1) is 23.1. The van der Waals surface area contributed by atoms with Gasteiger partial charge in [0, 0.05) is 36.2 Å². The highest BCUT2D eigenvalue weighted by atomic mass is 79.9. The van der Waals surface area contributed by atoms with E-state index in [2.05, 4.69) is 26.5 Å². The van der Waals surface area contributed by atoms with Crippen molar-refractivity contribution in [3.05, 3.63) is 64.1 Å². The molecule has 2 aromatic carbocycles. The van der Waals surface area contributed by atoms with E-state index in [0.717, 1.165) is 4.47 Å². The number of carboxylic acids is 1. The van der Waals surface area contributed by atoms with Gasteiger partial charge in [-0.1, -0.05) is 34.1 Å². The van der Waals surface area contributed by atoms with E-state index in [1.807, 2.05) is 4.90 Å². The van der Waals surface area contributed by atoms with Gasteiger partial charge in [-0.2, -0.15) is 9.41 Å². The number of benzene rings is 2. The van der Waals surface area contributed by atoms with Crippen molar-refractivity contribution in [3.8, 4) is 0 Å². The van der Waals surface area contributed by atoms with Crippen LogP contribution in [0.25, 0.3) is 0 Å². The molecule has 0 radical (unpaired) electrons. The molecule has 2 aromatic rings. The molecule has 0 bridgehead atoms. The third kappa shape index (κ3) is 5.97. The zero-order valence-corrected chi connectivity index (χ0v) is 18.8. The number of nitrogens with one attached hydrogen (secondary N) is 1. The molecule has 164 valence electrons. The normalized spacial score (nSPS) is 15.8. The fourth-order valence-electron chi connectivity index (χ4n) is 3.10. The zero-order valence-electron chi connectivity index (χ0n) is 16.4. The molecule has 9 nitrogen and oxygen atoms in total. The molecule has 31 heavy (non-hydrogen) atoms. The lowest BCUT2D eigenvalue weighted by atomic mass is 10.1. The lowest BCUT2D eigenvalue weighted by molar-refractivity contribution is -0.122. The molecule has 11 heteroatoms. The number of hydrogen-bond acceptors (Lipinski definition) is 6. The number of halogens is 1. The molecule has 0 spiro atoms. The van der Waals surface area contributed by atoms with Crippen LogP contribution in [0.1, 0.15) is 15.9 Å². The summed E-state index contributed by atoms with van der Waals surface area (Å²) < 4.78 is 27.7. The fraction of sp³-hybridized carbons (Fsp3) is 0.250. The average molecular weight is 509 g/mol. The lowest BCUT2D eigenvalue weighted by Gasteiger charge is -2.33. The number of sulfonamides is 1. The SMILES string of the molecule is O=C(CN1CCN(S(=O)(=O)c2ccc(Br)cc2)CC1)N/N=C\c1ccccc1C(=O)O. The van der Waals surface area contributed by atoms with Gasteiger partial charge in [0.1, 0.15) is 0 Å². The molecule has 0 unspecified atom stereocenters. The van der Waals surface area contributed by atoms with E-state index < -0.39 is 16.0 Å². The van der Waals surface area contributed by atoms with E-state index in [4.69, 9.17) is 5.11 Å². The van der Waals surface area contributed by atoms with E-state index in [0.29, 0.717) is 18.7 Å². The van der Waals surface area contributed by atoms with Gasteiger partial charge < -0.3 is 5.11 Å². The summed E-state index contributed by atoms with van der Waals surface area (Å²) in [5.74, 6) is -1.45. The van der Waals surface area contributed by atoms with Crippen LogP contribution in [0.5, 0.6) is 0 Å². The van der Waals surface area contributed by atoms with Gasteiger partial charge in [-0.15, -0.1) is 0 Å². The molecule has 0 aromatic heterocycles. The van der Waals surface area contributed by atoms with E-state index in [1.165, 1.54) is 16.6 Å². The first-order chi connectivity index (χ1) is 14.8. The van der Waals surface area contributed by atoms with Crippen LogP contribution < -0.4 is 5.43 Å². The molecule has 1 amide bonds. The highest BCUT2D eigenvalue weighted by Gasteiger charge is 2.28. The standard InChI is InChI=1S/C20H21BrN4O5S/c21-16-5-7-17(8-6-16)31(29,30)25-11-9-24(10-12-25)14-19(26)23-22-13-15-3-1-2-4-18(15)20(27)28/h1-8,13H,9-12,14H2,(H,23,26)(H,27,28)/b22-13-.